The van der Waals surface area contributed by atoms with Gasteiger partial charge in [0.05, 0.1) is 6.61 Å². The fraction of sp³-hybridized carbons (Fsp3) is 1.00. The second kappa shape index (κ2) is 3.43. The molecule has 13 heavy (non-hydrogen) atoms. The van der Waals surface area contributed by atoms with Crippen molar-refractivity contribution in [2.45, 2.75) is 30.5 Å². The van der Waals surface area contributed by atoms with Crippen molar-refractivity contribution < 1.29 is 33.9 Å². The second-order valence-electron chi connectivity index (χ2n) is 2.81. The summed E-state index contributed by atoms with van der Waals surface area (Å²) in [4.78, 5) is 0. The van der Waals surface area contributed by atoms with Gasteiger partial charge in [0.1, 0.15) is 12.2 Å². The maximum Gasteiger partial charge on any atom is 0.306 e. The Morgan fingerprint density at radius 2 is 1.69 bits per heavy atom. The Balaban J connectivity index is 2.82. The third kappa shape index (κ3) is 1.65. The fourth-order valence-electron chi connectivity index (χ4n) is 1.08. The van der Waals surface area contributed by atoms with Gasteiger partial charge in [-0.3, -0.25) is 0 Å². The van der Waals surface area contributed by atoms with Crippen LogP contribution in [0.15, 0.2) is 0 Å². The van der Waals surface area contributed by atoms with Crippen LogP contribution in [0.5, 0.6) is 0 Å². The summed E-state index contributed by atoms with van der Waals surface area (Å²) in [6.45, 7) is -0.861. The van der Waals surface area contributed by atoms with E-state index in [1.54, 1.807) is 0 Å². The molecule has 5 nitrogen and oxygen atoms in total. The molecule has 0 amide bonds. The number of aliphatic hydroxyl groups excluding tert-OH is 4. The summed E-state index contributed by atoms with van der Waals surface area (Å²) >= 11 is 0. The van der Waals surface area contributed by atoms with Crippen molar-refractivity contribution in [3.8, 4) is 0 Å². The first-order valence-corrected chi connectivity index (χ1v) is 3.59. The molecule has 0 aromatic carbocycles. The lowest BCUT2D eigenvalue weighted by molar-refractivity contribution is -0.335. The topological polar surface area (TPSA) is 90.2 Å². The first-order valence-electron chi connectivity index (χ1n) is 3.59. The van der Waals surface area contributed by atoms with Crippen LogP contribution in [-0.4, -0.2) is 57.6 Å². The highest BCUT2D eigenvalue weighted by Gasteiger charge is 2.57. The number of hydrogen-bond donors (Lipinski definition) is 4. The molecule has 7 heteroatoms. The van der Waals surface area contributed by atoms with Crippen molar-refractivity contribution in [1.82, 2.24) is 0 Å². The monoisotopic (exact) mass is 200 g/mol. The maximum atomic E-state index is 12.8. The molecule has 0 aromatic heterocycles. The number of ether oxygens (including phenoxy) is 1. The Labute approximate surface area is 72.2 Å². The van der Waals surface area contributed by atoms with E-state index in [-0.39, 0.29) is 0 Å². The fourth-order valence-corrected chi connectivity index (χ4v) is 1.08. The maximum absolute atomic E-state index is 12.8. The van der Waals surface area contributed by atoms with Gasteiger partial charge < -0.3 is 25.2 Å². The molecule has 1 aliphatic rings. The average molecular weight is 200 g/mol. The smallest absolute Gasteiger partial charge is 0.306 e. The van der Waals surface area contributed by atoms with E-state index in [2.05, 4.69) is 4.74 Å². The third-order valence-corrected chi connectivity index (χ3v) is 1.91. The van der Waals surface area contributed by atoms with Gasteiger partial charge >= 0.3 is 5.92 Å². The van der Waals surface area contributed by atoms with Gasteiger partial charge in [-0.1, -0.05) is 0 Å². The molecule has 1 aliphatic heterocycles. The van der Waals surface area contributed by atoms with E-state index in [0.717, 1.165) is 0 Å². The van der Waals surface area contributed by atoms with Crippen LogP contribution in [-0.2, 0) is 4.74 Å². The van der Waals surface area contributed by atoms with Crippen LogP contribution >= 0.6 is 0 Å². The van der Waals surface area contributed by atoms with Gasteiger partial charge in [-0.2, -0.15) is 0 Å². The van der Waals surface area contributed by atoms with Gasteiger partial charge in [-0.15, -0.1) is 0 Å². The molecule has 0 bridgehead atoms. The highest BCUT2D eigenvalue weighted by atomic mass is 19.3. The van der Waals surface area contributed by atoms with Crippen molar-refractivity contribution in [3.63, 3.8) is 0 Å². The van der Waals surface area contributed by atoms with Crippen molar-refractivity contribution >= 4 is 0 Å². The van der Waals surface area contributed by atoms with Crippen LogP contribution in [0, 0.1) is 0 Å². The molecule has 4 N–H and O–H groups in total. The van der Waals surface area contributed by atoms with Gasteiger partial charge in [0.2, 0.25) is 0 Å². The molecule has 0 aliphatic carbocycles. The largest absolute Gasteiger partial charge is 0.394 e. The molecule has 2 unspecified atom stereocenters. The SMILES string of the molecule is OCC1OC(O)[C@H](O)C(F)(F)[C@@H]1O. The Morgan fingerprint density at radius 1 is 1.15 bits per heavy atom. The minimum atomic E-state index is -3.88. The zero-order valence-corrected chi connectivity index (χ0v) is 6.47. The van der Waals surface area contributed by atoms with Gasteiger partial charge in [-0.05, 0) is 0 Å². The molecule has 1 heterocycles. The van der Waals surface area contributed by atoms with Gasteiger partial charge in [0.15, 0.2) is 12.4 Å². The zero-order chi connectivity index (χ0) is 10.2. The van der Waals surface area contributed by atoms with Gasteiger partial charge in [0, 0.05) is 0 Å². The molecule has 78 valence electrons. The molecule has 1 saturated heterocycles. The summed E-state index contributed by atoms with van der Waals surface area (Å²) in [5.74, 6) is -3.88. The van der Waals surface area contributed by atoms with Crippen molar-refractivity contribution in [2.24, 2.45) is 0 Å². The highest BCUT2D eigenvalue weighted by molar-refractivity contribution is 4.94. The minimum Gasteiger partial charge on any atom is -0.394 e. The standard InChI is InChI=1S/C6H10F2O5/c7-6(8)3(10)2(1-9)13-5(12)4(6)11/h2-5,9-12H,1H2/t2?,3-,4+,5?/m1/s1. The van der Waals surface area contributed by atoms with E-state index in [1.165, 1.54) is 0 Å². The molecular weight excluding hydrogens is 190 g/mol. The van der Waals surface area contributed by atoms with Gasteiger partial charge in [0.25, 0.3) is 0 Å². The summed E-state index contributed by atoms with van der Waals surface area (Å²) in [7, 11) is 0. The van der Waals surface area contributed by atoms with E-state index in [1.807, 2.05) is 0 Å². The quantitative estimate of drug-likeness (QED) is 0.395. The number of alkyl halides is 2. The Bertz CT molecular complexity index is 188. The van der Waals surface area contributed by atoms with Crippen LogP contribution < -0.4 is 0 Å². The van der Waals surface area contributed by atoms with E-state index in [4.69, 9.17) is 20.4 Å². The molecule has 0 spiro atoms. The zero-order valence-electron chi connectivity index (χ0n) is 6.47. The molecule has 1 rings (SSSR count). The summed E-state index contributed by atoms with van der Waals surface area (Å²) in [6.07, 6.45) is -8.50. The predicted octanol–water partition coefficient (Wildman–Crippen LogP) is -1.95. The van der Waals surface area contributed by atoms with Crippen LogP contribution in [0.25, 0.3) is 0 Å². The second-order valence-corrected chi connectivity index (χ2v) is 2.81. The number of hydrogen-bond acceptors (Lipinski definition) is 5. The highest BCUT2D eigenvalue weighted by Crippen LogP contribution is 2.33. The summed E-state index contributed by atoms with van der Waals surface area (Å²) in [5, 5.41) is 34.8. The van der Waals surface area contributed by atoms with E-state index < -0.39 is 37.1 Å². The lowest BCUT2D eigenvalue weighted by Gasteiger charge is -2.39. The first-order chi connectivity index (χ1) is 5.91. The van der Waals surface area contributed by atoms with E-state index in [9.17, 15) is 8.78 Å². The van der Waals surface area contributed by atoms with E-state index in [0.29, 0.717) is 0 Å². The normalized spacial score (nSPS) is 44.8. The number of rotatable bonds is 1. The minimum absolute atomic E-state index is 0.861. The van der Waals surface area contributed by atoms with Crippen molar-refractivity contribution in [2.75, 3.05) is 6.61 Å². The molecule has 0 radical (unpaired) electrons. The Hall–Kier alpha value is -0.340. The predicted molar refractivity (Wildman–Crippen MR) is 34.9 cm³/mol. The first kappa shape index (κ1) is 10.7. The third-order valence-electron chi connectivity index (χ3n) is 1.91. The molecule has 1 fully saturated rings. The van der Waals surface area contributed by atoms with Crippen LogP contribution in [0.4, 0.5) is 8.78 Å². The number of halogens is 2. The van der Waals surface area contributed by atoms with Crippen LogP contribution in [0.1, 0.15) is 0 Å². The Morgan fingerprint density at radius 3 is 2.15 bits per heavy atom. The molecule has 0 aromatic rings. The number of aliphatic hydroxyl groups is 4. The summed E-state index contributed by atoms with van der Waals surface area (Å²) < 4.78 is 30.0. The Kier molecular flexibility index (Phi) is 2.83. The summed E-state index contributed by atoms with van der Waals surface area (Å²) in [5.41, 5.74) is 0. The lowest BCUT2D eigenvalue weighted by Crippen LogP contribution is -2.62. The van der Waals surface area contributed by atoms with E-state index >= 15 is 0 Å². The van der Waals surface area contributed by atoms with Crippen molar-refractivity contribution in [3.05, 3.63) is 0 Å². The molecule has 4 atom stereocenters. The summed E-state index contributed by atoms with van der Waals surface area (Å²) in [6, 6.07) is 0. The molecule has 0 saturated carbocycles. The average Bonchev–Trinajstić information content (AvgIpc) is 2.09. The van der Waals surface area contributed by atoms with Crippen LogP contribution in [0.3, 0.4) is 0 Å². The van der Waals surface area contributed by atoms with Crippen molar-refractivity contribution in [1.29, 1.82) is 0 Å². The lowest BCUT2D eigenvalue weighted by atomic mass is 9.98. The molecular formula is C6H10F2O5. The van der Waals surface area contributed by atoms with Gasteiger partial charge in [-0.25, -0.2) is 8.78 Å². The van der Waals surface area contributed by atoms with Crippen LogP contribution in [0.2, 0.25) is 0 Å².